The third-order valence-corrected chi connectivity index (χ3v) is 4.53. The van der Waals surface area contributed by atoms with Crippen molar-refractivity contribution >= 4 is 22.9 Å². The molecule has 96 valence electrons. The van der Waals surface area contributed by atoms with Gasteiger partial charge in [-0.1, -0.05) is 18.6 Å². The molecule has 0 aromatic heterocycles. The lowest BCUT2D eigenvalue weighted by Crippen LogP contribution is -2.22. The fourth-order valence-electron chi connectivity index (χ4n) is 3.35. The highest BCUT2D eigenvalue weighted by Gasteiger charge is 2.36. The maximum Gasteiger partial charge on any atom is 0.147 e. The molecule has 0 spiro atoms. The van der Waals surface area contributed by atoms with Crippen LogP contribution in [0, 0.1) is 17.7 Å². The first-order valence-electron chi connectivity index (χ1n) is 6.49. The first-order chi connectivity index (χ1) is 8.65. The highest BCUT2D eigenvalue weighted by atomic mass is 32.1. The molecule has 0 bridgehead atoms. The van der Waals surface area contributed by atoms with Crippen LogP contribution in [0.4, 0.5) is 10.1 Å². The van der Waals surface area contributed by atoms with Crippen LogP contribution in [0.15, 0.2) is 18.2 Å². The number of hydrogen-bond donors (Lipinski definition) is 1. The van der Waals surface area contributed by atoms with E-state index in [0.29, 0.717) is 11.3 Å². The quantitative estimate of drug-likeness (QED) is 0.833. The van der Waals surface area contributed by atoms with Gasteiger partial charge in [-0.05, 0) is 42.9 Å². The highest BCUT2D eigenvalue weighted by Crippen LogP contribution is 2.40. The lowest BCUT2D eigenvalue weighted by Gasteiger charge is -2.20. The summed E-state index contributed by atoms with van der Waals surface area (Å²) in [5.74, 6) is 1.32. The summed E-state index contributed by atoms with van der Waals surface area (Å²) in [4.78, 5) is 2.42. The summed E-state index contributed by atoms with van der Waals surface area (Å²) >= 11 is 4.86. The van der Waals surface area contributed by atoms with Crippen LogP contribution in [0.5, 0.6) is 0 Å². The predicted octanol–water partition coefficient (Wildman–Crippen LogP) is 2.70. The molecule has 0 radical (unpaired) electrons. The van der Waals surface area contributed by atoms with Gasteiger partial charge in [0.25, 0.3) is 0 Å². The van der Waals surface area contributed by atoms with E-state index in [1.54, 1.807) is 0 Å². The summed E-state index contributed by atoms with van der Waals surface area (Å²) in [6.07, 6.45) is 3.94. The van der Waals surface area contributed by atoms with Gasteiger partial charge in [-0.25, -0.2) is 4.39 Å². The number of nitrogens with zero attached hydrogens (tertiary/aromatic N) is 1. The average Bonchev–Trinajstić information content (AvgIpc) is 2.88. The summed E-state index contributed by atoms with van der Waals surface area (Å²) in [5.41, 5.74) is 6.81. The Balaban J connectivity index is 1.83. The Labute approximate surface area is 112 Å². The first-order valence-corrected chi connectivity index (χ1v) is 6.90. The van der Waals surface area contributed by atoms with Crippen molar-refractivity contribution in [3.8, 4) is 0 Å². The fourth-order valence-corrected chi connectivity index (χ4v) is 3.48. The summed E-state index contributed by atoms with van der Waals surface area (Å²) in [5, 5.41) is 0. The Bertz CT molecular complexity index is 477. The summed E-state index contributed by atoms with van der Waals surface area (Å²) in [7, 11) is 0. The molecule has 2 atom stereocenters. The van der Waals surface area contributed by atoms with Gasteiger partial charge in [0.1, 0.15) is 10.8 Å². The smallest absolute Gasteiger partial charge is 0.147 e. The Morgan fingerprint density at radius 2 is 1.94 bits per heavy atom. The van der Waals surface area contributed by atoms with Crippen LogP contribution in [0.2, 0.25) is 0 Å². The van der Waals surface area contributed by atoms with Crippen LogP contribution in [0.3, 0.4) is 0 Å². The molecule has 1 aliphatic carbocycles. The van der Waals surface area contributed by atoms with Crippen molar-refractivity contribution in [3.63, 3.8) is 0 Å². The van der Waals surface area contributed by atoms with Gasteiger partial charge in [0.05, 0.1) is 5.69 Å². The van der Waals surface area contributed by atoms with Crippen molar-refractivity contribution in [2.24, 2.45) is 17.6 Å². The predicted molar refractivity (Wildman–Crippen MR) is 75.3 cm³/mol. The number of nitrogens with two attached hydrogens (primary N) is 1. The molecule has 3 rings (SSSR count). The van der Waals surface area contributed by atoms with Crippen LogP contribution in [0.25, 0.3) is 0 Å². The van der Waals surface area contributed by atoms with Crippen LogP contribution in [-0.2, 0) is 0 Å². The van der Waals surface area contributed by atoms with E-state index in [2.05, 4.69) is 4.90 Å². The Morgan fingerprint density at radius 1 is 1.28 bits per heavy atom. The minimum absolute atomic E-state index is 0.208. The second-order valence-corrected chi connectivity index (χ2v) is 5.83. The second kappa shape index (κ2) is 4.50. The zero-order valence-electron chi connectivity index (χ0n) is 10.2. The molecule has 4 heteroatoms. The third kappa shape index (κ3) is 1.99. The second-order valence-electron chi connectivity index (χ2n) is 5.39. The Kier molecular flexibility index (Phi) is 2.98. The van der Waals surface area contributed by atoms with Crippen LogP contribution in [0.1, 0.15) is 24.8 Å². The van der Waals surface area contributed by atoms with E-state index in [1.807, 2.05) is 12.1 Å². The van der Waals surface area contributed by atoms with Crippen molar-refractivity contribution in [1.82, 2.24) is 0 Å². The van der Waals surface area contributed by atoms with Crippen LogP contribution >= 0.6 is 12.2 Å². The van der Waals surface area contributed by atoms with Gasteiger partial charge < -0.3 is 10.6 Å². The topological polar surface area (TPSA) is 29.3 Å². The van der Waals surface area contributed by atoms with Crippen LogP contribution < -0.4 is 10.6 Å². The van der Waals surface area contributed by atoms with E-state index in [9.17, 15) is 4.39 Å². The van der Waals surface area contributed by atoms with E-state index in [-0.39, 0.29) is 10.8 Å². The molecule has 1 aromatic carbocycles. The molecule has 2 nitrogen and oxygen atoms in total. The van der Waals surface area contributed by atoms with Gasteiger partial charge in [0.15, 0.2) is 0 Å². The SMILES string of the molecule is NC(=S)c1ccc(N2CC3CCCC3C2)c(F)c1. The third-order valence-electron chi connectivity index (χ3n) is 4.30. The van der Waals surface area contributed by atoms with Crippen LogP contribution in [-0.4, -0.2) is 18.1 Å². The molecule has 1 aliphatic heterocycles. The summed E-state index contributed by atoms with van der Waals surface area (Å²) in [6.45, 7) is 1.99. The minimum atomic E-state index is -0.208. The molecular weight excluding hydrogens is 247 g/mol. The number of rotatable bonds is 2. The number of halogens is 1. The zero-order valence-corrected chi connectivity index (χ0v) is 11.0. The van der Waals surface area contributed by atoms with E-state index in [1.165, 1.54) is 25.3 Å². The maximum absolute atomic E-state index is 14.1. The van der Waals surface area contributed by atoms with E-state index < -0.39 is 0 Å². The number of benzene rings is 1. The fraction of sp³-hybridized carbons (Fsp3) is 0.500. The number of fused-ring (bicyclic) bond motifs is 1. The van der Waals surface area contributed by atoms with Crippen molar-refractivity contribution in [1.29, 1.82) is 0 Å². The van der Waals surface area contributed by atoms with E-state index in [4.69, 9.17) is 18.0 Å². The largest absolute Gasteiger partial charge is 0.389 e. The average molecular weight is 264 g/mol. The highest BCUT2D eigenvalue weighted by molar-refractivity contribution is 7.80. The van der Waals surface area contributed by atoms with E-state index in [0.717, 1.165) is 24.9 Å². The lowest BCUT2D eigenvalue weighted by molar-refractivity contribution is 0.494. The van der Waals surface area contributed by atoms with Gasteiger partial charge in [-0.3, -0.25) is 0 Å². The number of thiocarbonyl (C=S) groups is 1. The Hall–Kier alpha value is -1.16. The summed E-state index contributed by atoms with van der Waals surface area (Å²) in [6, 6.07) is 5.07. The standard InChI is InChI=1S/C14H17FN2S/c15-12-6-9(14(16)18)4-5-13(12)17-7-10-2-1-3-11(10)8-17/h4-6,10-11H,1-3,7-8H2,(H2,16,18). The van der Waals surface area contributed by atoms with Gasteiger partial charge in [0.2, 0.25) is 0 Å². The minimum Gasteiger partial charge on any atom is -0.389 e. The molecule has 2 fully saturated rings. The molecule has 1 saturated heterocycles. The van der Waals surface area contributed by atoms with Gasteiger partial charge in [0, 0.05) is 18.7 Å². The van der Waals surface area contributed by atoms with Crippen molar-refractivity contribution < 1.29 is 4.39 Å². The lowest BCUT2D eigenvalue weighted by atomic mass is 10.0. The van der Waals surface area contributed by atoms with Crippen molar-refractivity contribution in [2.45, 2.75) is 19.3 Å². The first kappa shape index (κ1) is 11.9. The van der Waals surface area contributed by atoms with E-state index >= 15 is 0 Å². The number of hydrogen-bond acceptors (Lipinski definition) is 2. The van der Waals surface area contributed by atoms with Crippen molar-refractivity contribution in [3.05, 3.63) is 29.6 Å². The molecule has 0 amide bonds. The molecule has 1 saturated carbocycles. The molecule has 2 aliphatic rings. The maximum atomic E-state index is 14.1. The molecule has 18 heavy (non-hydrogen) atoms. The molecule has 1 heterocycles. The van der Waals surface area contributed by atoms with Gasteiger partial charge in [-0.2, -0.15) is 0 Å². The Morgan fingerprint density at radius 3 is 2.50 bits per heavy atom. The zero-order chi connectivity index (χ0) is 12.7. The normalized spacial score (nSPS) is 26.4. The van der Waals surface area contributed by atoms with Gasteiger partial charge in [-0.15, -0.1) is 0 Å². The molecule has 2 unspecified atom stereocenters. The molecule has 2 N–H and O–H groups in total. The monoisotopic (exact) mass is 264 g/mol. The van der Waals surface area contributed by atoms with Gasteiger partial charge >= 0.3 is 0 Å². The molecule has 1 aromatic rings. The molecular formula is C14H17FN2S. The summed E-state index contributed by atoms with van der Waals surface area (Å²) < 4.78 is 14.1. The number of anilines is 1. The van der Waals surface area contributed by atoms with Crippen molar-refractivity contribution in [2.75, 3.05) is 18.0 Å².